The van der Waals surface area contributed by atoms with Gasteiger partial charge in [-0.3, -0.25) is 0 Å². The Morgan fingerprint density at radius 3 is 1.57 bits per heavy atom. The minimum atomic E-state index is -0.833. The molecule has 0 fully saturated rings. The number of carbonyl (C=O) groups excluding carboxylic acids is 2. The number of benzene rings is 1. The Kier molecular flexibility index (Phi) is 20.6. The van der Waals surface area contributed by atoms with Crippen LogP contribution in [0.25, 0.3) is 0 Å². The van der Waals surface area contributed by atoms with E-state index in [0.29, 0.717) is 5.75 Å². The van der Waals surface area contributed by atoms with Gasteiger partial charge >= 0.3 is 54.9 Å². The van der Waals surface area contributed by atoms with E-state index in [1.54, 1.807) is 24.3 Å². The van der Waals surface area contributed by atoms with Crippen molar-refractivity contribution in [2.24, 2.45) is 11.5 Å². The van der Waals surface area contributed by atoms with Crippen LogP contribution in [-0.4, -0.2) is 66.8 Å². The fourth-order valence-corrected chi connectivity index (χ4v) is 0.428. The first kappa shape index (κ1) is 19.2. The van der Waals surface area contributed by atoms with Crippen molar-refractivity contribution in [1.82, 2.24) is 0 Å². The fourth-order valence-electron chi connectivity index (χ4n) is 0.428. The summed E-state index contributed by atoms with van der Waals surface area (Å²) in [6, 6.07) is 7.88. The quantitative estimate of drug-likeness (QED) is 0.550. The van der Waals surface area contributed by atoms with Gasteiger partial charge in [-0.05, 0) is 12.1 Å². The van der Waals surface area contributed by atoms with Gasteiger partial charge in [0.1, 0.15) is 12.5 Å². The number of amides is 2. The average Bonchev–Trinajstić information content (AvgIpc) is 2.08. The van der Waals surface area contributed by atoms with Crippen LogP contribution in [-0.2, 0) is 4.79 Å². The van der Waals surface area contributed by atoms with Crippen molar-refractivity contribution in [3.63, 3.8) is 0 Å². The second kappa shape index (κ2) is 15.0. The molecule has 2 amide bonds. The van der Waals surface area contributed by atoms with E-state index in [9.17, 15) is 0 Å². The van der Waals surface area contributed by atoms with E-state index in [1.807, 2.05) is 12.9 Å². The number of phenolic OH excluding ortho intramolecular Hbond substituents is 1. The predicted molar refractivity (Wildman–Crippen MR) is 57.5 cm³/mol. The first-order valence-electron chi connectivity index (χ1n) is 3.20. The van der Waals surface area contributed by atoms with Crippen molar-refractivity contribution in [2.75, 3.05) is 0 Å². The van der Waals surface area contributed by atoms with E-state index in [0.717, 1.165) is 0 Å². The summed E-state index contributed by atoms with van der Waals surface area (Å²) in [5.41, 5.74) is 8.50. The van der Waals surface area contributed by atoms with Gasteiger partial charge in [0.2, 0.25) is 0 Å². The van der Waals surface area contributed by atoms with Crippen molar-refractivity contribution in [2.45, 2.75) is 0 Å². The van der Waals surface area contributed by atoms with E-state index in [4.69, 9.17) is 14.7 Å². The Bertz CT molecular complexity index is 227. The number of urea groups is 1. The molecule has 0 aliphatic heterocycles. The molecule has 0 heterocycles. The fraction of sp³-hybridized carbons (Fsp3) is 0. The summed E-state index contributed by atoms with van der Waals surface area (Å²) in [6.07, 6.45) is 0. The van der Waals surface area contributed by atoms with Crippen LogP contribution in [0.3, 0.4) is 0 Å². The first-order valence-corrected chi connectivity index (χ1v) is 3.20. The number of phenols is 1. The molecule has 5 N–H and O–H groups in total. The van der Waals surface area contributed by atoms with Crippen LogP contribution in [0.1, 0.15) is 0 Å². The van der Waals surface area contributed by atoms with Gasteiger partial charge in [-0.15, -0.1) is 0 Å². The molecular weight excluding hydrogens is 309 g/mol. The van der Waals surface area contributed by atoms with Crippen molar-refractivity contribution in [1.29, 1.82) is 0 Å². The number of carbonyl (C=O) groups is 2. The Morgan fingerprint density at radius 2 is 1.43 bits per heavy atom. The van der Waals surface area contributed by atoms with Crippen LogP contribution in [0.4, 0.5) is 4.79 Å². The van der Waals surface area contributed by atoms with Crippen LogP contribution in [0, 0.1) is 0 Å². The molecule has 0 aromatic heterocycles. The molecule has 76 valence electrons. The second-order valence-electron chi connectivity index (χ2n) is 1.74. The molecular formula is C8H14BaN2O3. The summed E-state index contributed by atoms with van der Waals surface area (Å²) in [4.78, 5) is 17.0. The molecule has 0 bridgehead atoms. The molecule has 0 spiro atoms. The van der Waals surface area contributed by atoms with Gasteiger partial charge < -0.3 is 21.4 Å². The molecule has 14 heavy (non-hydrogen) atoms. The van der Waals surface area contributed by atoms with Crippen molar-refractivity contribution >= 4 is 61.7 Å². The Hall–Kier alpha value is -0.469. The van der Waals surface area contributed by atoms with Crippen LogP contribution in [0.2, 0.25) is 0 Å². The summed E-state index contributed by atoms with van der Waals surface area (Å²) in [7, 11) is 0. The maximum absolute atomic E-state index is 9.00. The molecule has 0 aliphatic carbocycles. The first-order chi connectivity index (χ1) is 6.13. The number of hydrogen-bond donors (Lipinski definition) is 3. The van der Waals surface area contributed by atoms with Gasteiger partial charge in [0, 0.05) is 0 Å². The Morgan fingerprint density at radius 1 is 1.14 bits per heavy atom. The molecule has 1 aromatic rings. The Balaban J connectivity index is -0.000000152. The monoisotopic (exact) mass is 324 g/mol. The third kappa shape index (κ3) is 22.5. The molecule has 0 saturated carbocycles. The molecule has 5 nitrogen and oxygen atoms in total. The second-order valence-corrected chi connectivity index (χ2v) is 1.74. The molecule has 0 aliphatic rings. The van der Waals surface area contributed by atoms with Crippen molar-refractivity contribution in [3.8, 4) is 5.75 Å². The van der Waals surface area contributed by atoms with Gasteiger partial charge in [-0.25, -0.2) is 4.79 Å². The summed E-state index contributed by atoms with van der Waals surface area (Å²) >= 11 is 0. The molecule has 0 radical (unpaired) electrons. The van der Waals surface area contributed by atoms with E-state index >= 15 is 0 Å². The van der Waals surface area contributed by atoms with Gasteiger partial charge in [0.15, 0.2) is 0 Å². The normalized spacial score (nSPS) is 6.29. The number of primary amides is 2. The van der Waals surface area contributed by atoms with E-state index in [2.05, 4.69) is 11.5 Å². The summed E-state index contributed by atoms with van der Waals surface area (Å²) < 4.78 is 0. The zero-order valence-corrected chi connectivity index (χ0v) is 7.01. The van der Waals surface area contributed by atoms with Gasteiger partial charge in [0.05, 0.1) is 0 Å². The summed E-state index contributed by atoms with van der Waals surface area (Å²) in [6.45, 7) is 2.00. The van der Waals surface area contributed by atoms with Crippen LogP contribution in [0.5, 0.6) is 5.75 Å². The molecule has 6 heteroatoms. The number of hydrogen-bond acceptors (Lipinski definition) is 3. The number of rotatable bonds is 0. The molecule has 0 atom stereocenters. The van der Waals surface area contributed by atoms with E-state index in [-0.39, 0.29) is 48.9 Å². The van der Waals surface area contributed by atoms with Crippen LogP contribution < -0.4 is 11.5 Å². The summed E-state index contributed by atoms with van der Waals surface area (Å²) in [5.74, 6) is 0.322. The van der Waals surface area contributed by atoms with Crippen LogP contribution >= 0.6 is 0 Å². The average molecular weight is 324 g/mol. The van der Waals surface area contributed by atoms with Crippen molar-refractivity contribution < 1.29 is 14.7 Å². The predicted octanol–water partition coefficient (Wildman–Crippen LogP) is -0.685. The number of aromatic hydroxyl groups is 1. The SMILES string of the molecule is C=O.NC(N)=O.Oc1ccccc1.[BaH2]. The number of nitrogens with two attached hydrogens (primary N) is 2. The van der Waals surface area contributed by atoms with Crippen molar-refractivity contribution in [3.05, 3.63) is 30.3 Å². The standard InChI is InChI=1S/C6H6O.CH4N2O.CH2O.Ba.2H/c7-6-4-2-1-3-5-6;2-1(3)4;1-2;;;/h1-5,7H;(H4,2,3,4);1H2;;;. The zero-order chi connectivity index (χ0) is 10.7. The zero-order valence-electron chi connectivity index (χ0n) is 7.01. The maximum atomic E-state index is 9.00. The van der Waals surface area contributed by atoms with E-state index < -0.39 is 6.03 Å². The third-order valence-corrected chi connectivity index (χ3v) is 0.756. The number of para-hydroxylation sites is 1. The molecule has 1 aromatic carbocycles. The van der Waals surface area contributed by atoms with E-state index in [1.165, 1.54) is 0 Å². The van der Waals surface area contributed by atoms with Gasteiger partial charge in [0.25, 0.3) is 0 Å². The minimum absolute atomic E-state index is 0. The van der Waals surface area contributed by atoms with Gasteiger partial charge in [-0.2, -0.15) is 0 Å². The van der Waals surface area contributed by atoms with Gasteiger partial charge in [-0.1, -0.05) is 18.2 Å². The summed E-state index contributed by atoms with van der Waals surface area (Å²) in [5, 5.41) is 8.63. The molecule has 1 rings (SSSR count). The molecule has 0 unspecified atom stereocenters. The third-order valence-electron chi connectivity index (χ3n) is 0.756. The Labute approximate surface area is 123 Å². The topological polar surface area (TPSA) is 106 Å². The molecule has 0 saturated heterocycles. The van der Waals surface area contributed by atoms with Crippen LogP contribution in [0.15, 0.2) is 30.3 Å².